The molecule has 0 aliphatic carbocycles. The van der Waals surface area contributed by atoms with Crippen LogP contribution in [0.15, 0.2) is 85.6 Å². The van der Waals surface area contributed by atoms with E-state index in [0.717, 1.165) is 39.5 Å². The number of rotatable bonds is 10. The van der Waals surface area contributed by atoms with Crippen LogP contribution in [0.4, 0.5) is 17.3 Å². The highest BCUT2D eigenvalue weighted by Gasteiger charge is 2.16. The molecule has 0 bridgehead atoms. The first-order chi connectivity index (χ1) is 19.2. The normalized spacial score (nSPS) is 11.1. The molecule has 4 aromatic rings. The summed E-state index contributed by atoms with van der Waals surface area (Å²) in [6.07, 6.45) is 1.72. The molecule has 0 spiro atoms. The molecule has 206 valence electrons. The van der Waals surface area contributed by atoms with Gasteiger partial charge >= 0.3 is 0 Å². The summed E-state index contributed by atoms with van der Waals surface area (Å²) >= 11 is 0. The molecule has 40 heavy (non-hydrogen) atoms. The molecule has 1 heterocycles. The van der Waals surface area contributed by atoms with Crippen molar-refractivity contribution in [2.75, 3.05) is 30.9 Å². The lowest BCUT2D eigenvalue weighted by molar-refractivity contribution is 0.102. The predicted octanol–water partition coefficient (Wildman–Crippen LogP) is 6.95. The van der Waals surface area contributed by atoms with Crippen LogP contribution >= 0.6 is 0 Å². The number of hydrogen-bond donors (Lipinski definition) is 3. The number of benzene rings is 3. The van der Waals surface area contributed by atoms with Gasteiger partial charge in [0.05, 0.1) is 12.3 Å². The SMILES string of the molecule is C=C(NCCOC)c1ccc(Nc2nccc(-c3cccc(NC(=O)c4ccc(C(C)(C)C)cc4)c3C)n2)cc1. The lowest BCUT2D eigenvalue weighted by Crippen LogP contribution is -2.16. The number of carbonyl (C=O) groups is 1. The summed E-state index contributed by atoms with van der Waals surface area (Å²) in [7, 11) is 1.67. The summed E-state index contributed by atoms with van der Waals surface area (Å²) in [5.74, 6) is 0.334. The molecule has 4 rings (SSSR count). The van der Waals surface area contributed by atoms with Crippen LogP contribution in [0.1, 0.15) is 47.8 Å². The molecule has 1 amide bonds. The van der Waals surface area contributed by atoms with E-state index in [-0.39, 0.29) is 11.3 Å². The van der Waals surface area contributed by atoms with E-state index in [0.29, 0.717) is 24.7 Å². The van der Waals surface area contributed by atoms with Crippen molar-refractivity contribution in [1.82, 2.24) is 15.3 Å². The Morgan fingerprint density at radius 3 is 2.33 bits per heavy atom. The first-order valence-electron chi connectivity index (χ1n) is 13.3. The molecule has 0 atom stereocenters. The lowest BCUT2D eigenvalue weighted by Gasteiger charge is -2.19. The van der Waals surface area contributed by atoms with Gasteiger partial charge < -0.3 is 20.7 Å². The van der Waals surface area contributed by atoms with Crippen molar-refractivity contribution in [3.8, 4) is 11.3 Å². The largest absolute Gasteiger partial charge is 0.383 e. The molecule has 0 aliphatic heterocycles. The zero-order valence-electron chi connectivity index (χ0n) is 23.8. The van der Waals surface area contributed by atoms with Gasteiger partial charge in [0.2, 0.25) is 5.95 Å². The number of anilines is 3. The number of amides is 1. The number of nitrogens with one attached hydrogen (secondary N) is 3. The molecule has 3 N–H and O–H groups in total. The van der Waals surface area contributed by atoms with E-state index in [1.165, 1.54) is 5.56 Å². The predicted molar refractivity (Wildman–Crippen MR) is 164 cm³/mol. The zero-order valence-corrected chi connectivity index (χ0v) is 23.8. The van der Waals surface area contributed by atoms with Crippen LogP contribution in [0.25, 0.3) is 17.0 Å². The second kappa shape index (κ2) is 12.6. The third-order valence-corrected chi connectivity index (χ3v) is 6.66. The third kappa shape index (κ3) is 7.12. The van der Waals surface area contributed by atoms with Gasteiger partial charge in [-0.25, -0.2) is 9.97 Å². The van der Waals surface area contributed by atoms with Crippen LogP contribution in [0.2, 0.25) is 0 Å². The maximum atomic E-state index is 13.0. The van der Waals surface area contributed by atoms with Crippen molar-refractivity contribution in [3.05, 3.63) is 108 Å². The minimum atomic E-state index is -0.147. The summed E-state index contributed by atoms with van der Waals surface area (Å²) in [5.41, 5.74) is 7.88. The molecular weight excluding hydrogens is 498 g/mol. The quantitative estimate of drug-likeness (QED) is 0.190. The average molecular weight is 536 g/mol. The van der Waals surface area contributed by atoms with Crippen molar-refractivity contribution in [3.63, 3.8) is 0 Å². The Kier molecular flexibility index (Phi) is 8.97. The summed E-state index contributed by atoms with van der Waals surface area (Å²) in [5, 5.41) is 9.58. The second-order valence-corrected chi connectivity index (χ2v) is 10.6. The van der Waals surface area contributed by atoms with Crippen LogP contribution in [-0.4, -0.2) is 36.1 Å². The molecule has 7 heteroatoms. The minimum Gasteiger partial charge on any atom is -0.383 e. The standard InChI is InChI=1S/C33H37N5O2/c1-22-28(8-7-9-29(22)37-31(39)25-10-14-26(15-11-25)33(3,4)5)30-18-19-35-32(38-30)36-27-16-12-24(13-17-27)23(2)34-20-21-40-6/h7-19,34H,2,20-21H2,1,3-6H3,(H,37,39)(H,35,36,38). The second-order valence-electron chi connectivity index (χ2n) is 10.6. The fourth-order valence-corrected chi connectivity index (χ4v) is 4.22. The van der Waals surface area contributed by atoms with Crippen LogP contribution in [0.3, 0.4) is 0 Å². The third-order valence-electron chi connectivity index (χ3n) is 6.66. The Morgan fingerprint density at radius 1 is 0.950 bits per heavy atom. The molecule has 1 aromatic heterocycles. The van der Waals surface area contributed by atoms with E-state index in [9.17, 15) is 4.79 Å². The van der Waals surface area contributed by atoms with Crippen LogP contribution < -0.4 is 16.0 Å². The van der Waals surface area contributed by atoms with Gasteiger partial charge in [0.1, 0.15) is 0 Å². The highest BCUT2D eigenvalue weighted by Crippen LogP contribution is 2.29. The number of aromatic nitrogens is 2. The Morgan fingerprint density at radius 2 is 1.65 bits per heavy atom. The fourth-order valence-electron chi connectivity index (χ4n) is 4.22. The molecule has 0 fully saturated rings. The Bertz CT molecular complexity index is 1470. The van der Waals surface area contributed by atoms with E-state index >= 15 is 0 Å². The van der Waals surface area contributed by atoms with E-state index < -0.39 is 0 Å². The van der Waals surface area contributed by atoms with E-state index in [4.69, 9.17) is 9.72 Å². The Labute approximate surface area is 236 Å². The number of nitrogens with zero attached hydrogens (tertiary/aromatic N) is 2. The van der Waals surface area contributed by atoms with Crippen molar-refractivity contribution in [2.24, 2.45) is 0 Å². The highest BCUT2D eigenvalue weighted by atomic mass is 16.5. The zero-order chi connectivity index (χ0) is 28.7. The molecule has 0 saturated heterocycles. The van der Waals surface area contributed by atoms with Gasteiger partial charge in [-0.3, -0.25) is 4.79 Å². The van der Waals surface area contributed by atoms with Gasteiger partial charge in [-0.1, -0.05) is 63.7 Å². The molecule has 0 saturated carbocycles. The average Bonchev–Trinajstić information content (AvgIpc) is 2.94. The van der Waals surface area contributed by atoms with E-state index in [1.54, 1.807) is 13.3 Å². The van der Waals surface area contributed by atoms with Gasteiger partial charge in [-0.05, 0) is 65.4 Å². The molecule has 3 aromatic carbocycles. The lowest BCUT2D eigenvalue weighted by atomic mass is 9.86. The number of ether oxygens (including phenoxy) is 1. The topological polar surface area (TPSA) is 88.2 Å². The summed E-state index contributed by atoms with van der Waals surface area (Å²) < 4.78 is 5.07. The summed E-state index contributed by atoms with van der Waals surface area (Å²) in [6.45, 7) is 13.8. The highest BCUT2D eigenvalue weighted by molar-refractivity contribution is 6.05. The van der Waals surface area contributed by atoms with Crippen molar-refractivity contribution in [1.29, 1.82) is 0 Å². The first kappa shape index (κ1) is 28.5. The molecular formula is C33H37N5O2. The van der Waals surface area contributed by atoms with Gasteiger partial charge in [0.25, 0.3) is 5.91 Å². The number of methoxy groups -OCH3 is 1. The van der Waals surface area contributed by atoms with Crippen molar-refractivity contribution >= 4 is 28.9 Å². The molecule has 0 radical (unpaired) electrons. The number of carbonyl (C=O) groups excluding carboxylic acids is 1. The number of hydrogen-bond acceptors (Lipinski definition) is 6. The summed E-state index contributed by atoms with van der Waals surface area (Å²) in [6, 6.07) is 23.3. The Hall–Kier alpha value is -4.49. The molecule has 0 aliphatic rings. The first-order valence-corrected chi connectivity index (χ1v) is 13.3. The Balaban J connectivity index is 1.47. The van der Waals surface area contributed by atoms with Gasteiger partial charge in [0.15, 0.2) is 0 Å². The molecule has 0 unspecified atom stereocenters. The summed E-state index contributed by atoms with van der Waals surface area (Å²) in [4.78, 5) is 22.1. The van der Waals surface area contributed by atoms with Gasteiger partial charge in [-0.2, -0.15) is 0 Å². The smallest absolute Gasteiger partial charge is 0.255 e. The van der Waals surface area contributed by atoms with Gasteiger partial charge in [-0.15, -0.1) is 0 Å². The maximum absolute atomic E-state index is 13.0. The molecule has 7 nitrogen and oxygen atoms in total. The minimum absolute atomic E-state index is 0.0330. The van der Waals surface area contributed by atoms with E-state index in [2.05, 4.69) is 48.3 Å². The maximum Gasteiger partial charge on any atom is 0.255 e. The van der Waals surface area contributed by atoms with Crippen molar-refractivity contribution < 1.29 is 9.53 Å². The van der Waals surface area contributed by atoms with Crippen LogP contribution in [0, 0.1) is 6.92 Å². The van der Waals surface area contributed by atoms with Crippen molar-refractivity contribution in [2.45, 2.75) is 33.1 Å². The van der Waals surface area contributed by atoms with E-state index in [1.807, 2.05) is 79.7 Å². The fraction of sp³-hybridized carbons (Fsp3) is 0.242. The van der Waals surface area contributed by atoms with Crippen LogP contribution in [-0.2, 0) is 10.2 Å². The van der Waals surface area contributed by atoms with Crippen LogP contribution in [0.5, 0.6) is 0 Å². The van der Waals surface area contributed by atoms with Gasteiger partial charge in [0, 0.05) is 48.1 Å². The monoisotopic (exact) mass is 535 g/mol.